The van der Waals surface area contributed by atoms with Crippen molar-refractivity contribution in [1.29, 1.82) is 0 Å². The molecule has 3 rings (SSSR count). The highest BCUT2D eigenvalue weighted by atomic mass is 32.2. The van der Waals surface area contributed by atoms with E-state index in [1.165, 1.54) is 49.6 Å². The topological polar surface area (TPSA) is 113 Å². The number of benzene rings is 2. The third-order valence-corrected chi connectivity index (χ3v) is 7.16. The number of anilines is 1. The Labute approximate surface area is 188 Å². The van der Waals surface area contributed by atoms with Crippen LogP contribution in [0.5, 0.6) is 0 Å². The number of nitro benzene ring substituents is 1. The Hall–Kier alpha value is -2.98. The van der Waals surface area contributed by atoms with Gasteiger partial charge in [-0.2, -0.15) is 0 Å². The predicted octanol–water partition coefficient (Wildman–Crippen LogP) is 2.78. The molecule has 1 aliphatic heterocycles. The zero-order valence-corrected chi connectivity index (χ0v) is 18.7. The number of rotatable bonds is 10. The van der Waals surface area contributed by atoms with Crippen molar-refractivity contribution in [2.24, 2.45) is 0 Å². The van der Waals surface area contributed by atoms with Crippen molar-refractivity contribution in [3.8, 4) is 0 Å². The van der Waals surface area contributed by atoms with Crippen LogP contribution in [0.2, 0.25) is 0 Å². The minimum absolute atomic E-state index is 0.00408. The summed E-state index contributed by atoms with van der Waals surface area (Å²) in [5, 5.41) is 14.0. The van der Waals surface area contributed by atoms with Crippen molar-refractivity contribution in [1.82, 2.24) is 10.2 Å². The molecular formula is C22H28N4O5S. The average molecular weight is 461 g/mol. The van der Waals surface area contributed by atoms with Gasteiger partial charge in [-0.25, -0.2) is 8.42 Å². The molecule has 32 heavy (non-hydrogen) atoms. The van der Waals surface area contributed by atoms with Crippen LogP contribution < -0.4 is 9.62 Å². The van der Waals surface area contributed by atoms with E-state index in [9.17, 15) is 23.3 Å². The van der Waals surface area contributed by atoms with Crippen LogP contribution in [0.3, 0.4) is 0 Å². The summed E-state index contributed by atoms with van der Waals surface area (Å²) < 4.78 is 27.4. The molecule has 0 radical (unpaired) electrons. The summed E-state index contributed by atoms with van der Waals surface area (Å²) in [6.45, 7) is 3.00. The fourth-order valence-electron chi connectivity index (χ4n) is 3.70. The second-order valence-corrected chi connectivity index (χ2v) is 9.57. The average Bonchev–Trinajstić information content (AvgIpc) is 2.81. The molecule has 0 bridgehead atoms. The highest BCUT2D eigenvalue weighted by Crippen LogP contribution is 2.26. The number of carbonyl (C=O) groups excluding carboxylic acids is 1. The lowest BCUT2D eigenvalue weighted by Gasteiger charge is -2.26. The first-order valence-corrected chi connectivity index (χ1v) is 12.1. The smallest absolute Gasteiger partial charge is 0.271 e. The van der Waals surface area contributed by atoms with Crippen molar-refractivity contribution in [3.05, 3.63) is 64.7 Å². The quantitative estimate of drug-likeness (QED) is 0.331. The van der Waals surface area contributed by atoms with Gasteiger partial charge in [0, 0.05) is 18.7 Å². The summed E-state index contributed by atoms with van der Waals surface area (Å²) in [6, 6.07) is 13.0. The van der Waals surface area contributed by atoms with Crippen LogP contribution >= 0.6 is 0 Å². The SMILES string of the molecule is O=C(CN(c1cccc([N+](=O)[O-])c1)S(=O)(=O)c1ccccc1)NCCCN1CCCCC1. The first-order chi connectivity index (χ1) is 15.4. The zero-order valence-electron chi connectivity index (χ0n) is 17.9. The monoisotopic (exact) mass is 460 g/mol. The highest BCUT2D eigenvalue weighted by Gasteiger charge is 2.28. The number of likely N-dealkylation sites (tertiary alicyclic amines) is 1. The number of nitrogens with one attached hydrogen (secondary N) is 1. The summed E-state index contributed by atoms with van der Waals surface area (Å²) in [7, 11) is -4.10. The number of sulfonamides is 1. The fourth-order valence-corrected chi connectivity index (χ4v) is 5.13. The summed E-state index contributed by atoms with van der Waals surface area (Å²) in [6.07, 6.45) is 4.42. The number of nitrogens with zero attached hydrogens (tertiary/aromatic N) is 3. The van der Waals surface area contributed by atoms with Crippen LogP contribution in [0.25, 0.3) is 0 Å². The molecule has 172 valence electrons. The van der Waals surface area contributed by atoms with Crippen LogP contribution in [0, 0.1) is 10.1 Å². The summed E-state index contributed by atoms with van der Waals surface area (Å²) in [5.74, 6) is -0.463. The molecule has 2 aromatic rings. The Morgan fingerprint density at radius 1 is 1.06 bits per heavy atom. The van der Waals surface area contributed by atoms with Crippen molar-refractivity contribution in [2.45, 2.75) is 30.6 Å². The molecule has 1 heterocycles. The summed E-state index contributed by atoms with van der Waals surface area (Å²) in [4.78, 5) is 25.6. The third-order valence-electron chi connectivity index (χ3n) is 5.37. The van der Waals surface area contributed by atoms with Crippen LogP contribution in [-0.2, 0) is 14.8 Å². The van der Waals surface area contributed by atoms with E-state index < -0.39 is 27.4 Å². The van der Waals surface area contributed by atoms with Crippen molar-refractivity contribution in [2.75, 3.05) is 37.0 Å². The van der Waals surface area contributed by atoms with E-state index >= 15 is 0 Å². The van der Waals surface area contributed by atoms with Gasteiger partial charge in [-0.15, -0.1) is 0 Å². The first-order valence-electron chi connectivity index (χ1n) is 10.7. The van der Waals surface area contributed by atoms with Gasteiger partial charge in [0.1, 0.15) is 6.54 Å². The maximum atomic E-state index is 13.3. The van der Waals surface area contributed by atoms with Gasteiger partial charge in [-0.05, 0) is 57.1 Å². The molecule has 0 aliphatic carbocycles. The predicted molar refractivity (Wildman–Crippen MR) is 122 cm³/mol. The zero-order chi connectivity index (χ0) is 23.0. The van der Waals surface area contributed by atoms with Gasteiger partial charge in [0.05, 0.1) is 15.5 Å². The maximum absolute atomic E-state index is 13.3. The van der Waals surface area contributed by atoms with Gasteiger partial charge >= 0.3 is 0 Å². The number of carbonyl (C=O) groups is 1. The lowest BCUT2D eigenvalue weighted by Crippen LogP contribution is -2.41. The molecule has 1 saturated heterocycles. The number of piperidine rings is 1. The Morgan fingerprint density at radius 3 is 2.47 bits per heavy atom. The highest BCUT2D eigenvalue weighted by molar-refractivity contribution is 7.92. The third kappa shape index (κ3) is 6.27. The molecule has 1 amide bonds. The molecule has 10 heteroatoms. The van der Waals surface area contributed by atoms with Crippen LogP contribution in [0.1, 0.15) is 25.7 Å². The molecule has 1 N–H and O–H groups in total. The Balaban J connectivity index is 1.72. The second-order valence-electron chi connectivity index (χ2n) is 7.71. The molecule has 2 aromatic carbocycles. The summed E-state index contributed by atoms with van der Waals surface area (Å²) in [5.41, 5.74) is -0.191. The van der Waals surface area contributed by atoms with Gasteiger partial charge < -0.3 is 10.2 Å². The van der Waals surface area contributed by atoms with Crippen LogP contribution in [0.15, 0.2) is 59.5 Å². The molecule has 0 unspecified atom stereocenters. The Bertz CT molecular complexity index is 1020. The molecule has 0 saturated carbocycles. The first kappa shape index (κ1) is 23.7. The van der Waals surface area contributed by atoms with Crippen LogP contribution in [0.4, 0.5) is 11.4 Å². The second kappa shape index (κ2) is 11.1. The van der Waals surface area contributed by atoms with Gasteiger partial charge in [0.2, 0.25) is 5.91 Å². The van der Waals surface area contributed by atoms with E-state index in [4.69, 9.17) is 0 Å². The number of non-ortho nitro benzene ring substituents is 1. The normalized spacial score (nSPS) is 14.6. The molecular weight excluding hydrogens is 432 g/mol. The lowest BCUT2D eigenvalue weighted by molar-refractivity contribution is -0.384. The van der Waals surface area contributed by atoms with Crippen molar-refractivity contribution < 1.29 is 18.1 Å². The maximum Gasteiger partial charge on any atom is 0.271 e. The lowest BCUT2D eigenvalue weighted by atomic mass is 10.1. The minimum atomic E-state index is -4.10. The van der Waals surface area contributed by atoms with Crippen molar-refractivity contribution in [3.63, 3.8) is 0 Å². The number of amides is 1. The molecule has 1 aliphatic rings. The number of nitro groups is 1. The fraction of sp³-hybridized carbons (Fsp3) is 0.409. The standard InChI is InChI=1S/C22H28N4O5S/c27-22(23-13-8-16-24-14-5-2-6-15-24)18-25(19-9-7-10-20(17-19)26(28)29)32(30,31)21-11-3-1-4-12-21/h1,3-4,7,9-12,17H,2,5-6,8,13-16,18H2,(H,23,27). The van der Waals surface area contributed by atoms with Crippen molar-refractivity contribution >= 4 is 27.3 Å². The van der Waals surface area contributed by atoms with Crippen LogP contribution in [-0.4, -0.2) is 56.9 Å². The van der Waals surface area contributed by atoms with Gasteiger partial charge in [-0.1, -0.05) is 30.7 Å². The minimum Gasteiger partial charge on any atom is -0.354 e. The van der Waals surface area contributed by atoms with E-state index in [1.54, 1.807) is 18.2 Å². The number of hydrogen-bond acceptors (Lipinski definition) is 6. The van der Waals surface area contributed by atoms with E-state index in [2.05, 4.69) is 10.2 Å². The molecule has 1 fully saturated rings. The van der Waals surface area contributed by atoms with Gasteiger partial charge in [0.15, 0.2) is 0 Å². The Morgan fingerprint density at radius 2 is 1.78 bits per heavy atom. The van der Waals surface area contributed by atoms with E-state index in [0.29, 0.717) is 6.54 Å². The Kier molecular flexibility index (Phi) is 8.18. The molecule has 9 nitrogen and oxygen atoms in total. The van der Waals surface area contributed by atoms with E-state index in [0.717, 1.165) is 36.4 Å². The van der Waals surface area contributed by atoms with Gasteiger partial charge in [0.25, 0.3) is 15.7 Å². The molecule has 0 atom stereocenters. The molecule has 0 aromatic heterocycles. The van der Waals surface area contributed by atoms with Gasteiger partial charge in [-0.3, -0.25) is 19.2 Å². The summed E-state index contributed by atoms with van der Waals surface area (Å²) >= 11 is 0. The largest absolute Gasteiger partial charge is 0.354 e. The van der Waals surface area contributed by atoms with E-state index in [-0.39, 0.29) is 16.3 Å². The molecule has 0 spiro atoms. The van der Waals surface area contributed by atoms with E-state index in [1.807, 2.05) is 0 Å². The number of hydrogen-bond donors (Lipinski definition) is 1.